The van der Waals surface area contributed by atoms with Gasteiger partial charge in [0.1, 0.15) is 12.2 Å². The van der Waals surface area contributed by atoms with Gasteiger partial charge in [0.05, 0.1) is 0 Å². The molecule has 1 fully saturated rings. The standard InChI is InChI=1S/C13H20O7/c1-7(15)18-11-6-10(4-5-14)12(19-8(2)16)13(11)20-9(3)17/h10-14H,4-6H2,1-3H3/t10-,11-,12+,13+/m0/s1. The number of hydrogen-bond acceptors (Lipinski definition) is 7. The summed E-state index contributed by atoms with van der Waals surface area (Å²) in [5.74, 6) is -1.79. The zero-order valence-electron chi connectivity index (χ0n) is 11.8. The maximum absolute atomic E-state index is 11.2. The lowest BCUT2D eigenvalue weighted by Gasteiger charge is -2.25. The van der Waals surface area contributed by atoms with Gasteiger partial charge in [0.2, 0.25) is 0 Å². The van der Waals surface area contributed by atoms with Crippen LogP contribution in [0.1, 0.15) is 33.6 Å². The van der Waals surface area contributed by atoms with E-state index in [4.69, 9.17) is 19.3 Å². The molecule has 1 aliphatic carbocycles. The summed E-state index contributed by atoms with van der Waals surface area (Å²) in [4.78, 5) is 33.5. The van der Waals surface area contributed by atoms with Crippen LogP contribution in [0.2, 0.25) is 0 Å². The fraction of sp³-hybridized carbons (Fsp3) is 0.769. The molecule has 4 atom stereocenters. The zero-order valence-corrected chi connectivity index (χ0v) is 11.8. The molecule has 0 unspecified atom stereocenters. The molecule has 1 N–H and O–H groups in total. The van der Waals surface area contributed by atoms with Crippen molar-refractivity contribution >= 4 is 17.9 Å². The molecule has 1 aliphatic rings. The van der Waals surface area contributed by atoms with Crippen molar-refractivity contribution in [3.63, 3.8) is 0 Å². The van der Waals surface area contributed by atoms with E-state index >= 15 is 0 Å². The Morgan fingerprint density at radius 1 is 0.950 bits per heavy atom. The molecule has 7 nitrogen and oxygen atoms in total. The van der Waals surface area contributed by atoms with Crippen LogP contribution in [0.3, 0.4) is 0 Å². The minimum atomic E-state index is -0.836. The zero-order chi connectivity index (χ0) is 15.3. The van der Waals surface area contributed by atoms with Gasteiger partial charge in [0.25, 0.3) is 0 Å². The Morgan fingerprint density at radius 3 is 1.90 bits per heavy atom. The van der Waals surface area contributed by atoms with E-state index in [1.54, 1.807) is 0 Å². The van der Waals surface area contributed by atoms with Crippen molar-refractivity contribution in [2.24, 2.45) is 5.92 Å². The summed E-state index contributed by atoms with van der Waals surface area (Å²) in [6, 6.07) is 0. The monoisotopic (exact) mass is 288 g/mol. The molecule has 0 aromatic heterocycles. The van der Waals surface area contributed by atoms with Gasteiger partial charge in [-0.25, -0.2) is 0 Å². The number of carbonyl (C=O) groups is 3. The summed E-state index contributed by atoms with van der Waals surface area (Å²) < 4.78 is 15.4. The predicted molar refractivity (Wildman–Crippen MR) is 66.5 cm³/mol. The summed E-state index contributed by atoms with van der Waals surface area (Å²) in [6.07, 6.45) is -1.48. The highest BCUT2D eigenvalue weighted by Gasteiger charge is 2.49. The van der Waals surface area contributed by atoms with Crippen molar-refractivity contribution in [1.82, 2.24) is 0 Å². The number of ether oxygens (including phenoxy) is 3. The van der Waals surface area contributed by atoms with Crippen LogP contribution in [0.4, 0.5) is 0 Å². The van der Waals surface area contributed by atoms with Crippen LogP contribution in [0.5, 0.6) is 0 Å². The molecular weight excluding hydrogens is 268 g/mol. The van der Waals surface area contributed by atoms with Crippen molar-refractivity contribution in [2.75, 3.05) is 6.61 Å². The van der Waals surface area contributed by atoms with Gasteiger partial charge in [-0.05, 0) is 12.8 Å². The molecule has 114 valence electrons. The van der Waals surface area contributed by atoms with E-state index in [0.717, 1.165) is 0 Å². The van der Waals surface area contributed by atoms with Gasteiger partial charge in [-0.3, -0.25) is 14.4 Å². The third-order valence-corrected chi connectivity index (χ3v) is 3.11. The summed E-state index contributed by atoms with van der Waals surface area (Å²) in [5, 5.41) is 9.06. The van der Waals surface area contributed by atoms with E-state index in [1.807, 2.05) is 0 Å². The lowest BCUT2D eigenvalue weighted by atomic mass is 10.0. The Bertz CT molecular complexity index is 379. The summed E-state index contributed by atoms with van der Waals surface area (Å²) in [5.41, 5.74) is 0. The normalized spacial score (nSPS) is 28.8. The fourth-order valence-electron chi connectivity index (χ4n) is 2.51. The molecular formula is C13H20O7. The molecule has 0 amide bonds. The maximum Gasteiger partial charge on any atom is 0.303 e. The van der Waals surface area contributed by atoms with Gasteiger partial charge in [-0.2, -0.15) is 0 Å². The third kappa shape index (κ3) is 4.48. The largest absolute Gasteiger partial charge is 0.458 e. The van der Waals surface area contributed by atoms with Gasteiger partial charge >= 0.3 is 17.9 Å². The summed E-state index contributed by atoms with van der Waals surface area (Å²) in [7, 11) is 0. The first-order chi connectivity index (χ1) is 9.35. The highest BCUT2D eigenvalue weighted by Crippen LogP contribution is 2.35. The number of aliphatic hydroxyl groups is 1. The Morgan fingerprint density at radius 2 is 1.45 bits per heavy atom. The van der Waals surface area contributed by atoms with E-state index in [0.29, 0.717) is 12.8 Å². The Balaban J connectivity index is 2.92. The van der Waals surface area contributed by atoms with Gasteiger partial charge < -0.3 is 19.3 Å². The molecule has 0 spiro atoms. The lowest BCUT2D eigenvalue weighted by Crippen LogP contribution is -2.39. The Kier molecular flexibility index (Phi) is 5.94. The van der Waals surface area contributed by atoms with Crippen molar-refractivity contribution in [1.29, 1.82) is 0 Å². The van der Waals surface area contributed by atoms with Crippen LogP contribution in [0, 0.1) is 5.92 Å². The van der Waals surface area contributed by atoms with Crippen molar-refractivity contribution in [3.8, 4) is 0 Å². The van der Waals surface area contributed by atoms with Crippen LogP contribution in [0.15, 0.2) is 0 Å². The average Bonchev–Trinajstić information content (AvgIpc) is 2.57. The number of carbonyl (C=O) groups excluding carboxylic acids is 3. The second-order valence-electron chi connectivity index (χ2n) is 4.80. The first-order valence-electron chi connectivity index (χ1n) is 6.47. The number of esters is 3. The summed E-state index contributed by atoms with van der Waals surface area (Å²) >= 11 is 0. The highest BCUT2D eigenvalue weighted by atomic mass is 16.6. The van der Waals surface area contributed by atoms with Crippen LogP contribution in [-0.4, -0.2) is 47.9 Å². The second-order valence-corrected chi connectivity index (χ2v) is 4.80. The molecule has 0 bridgehead atoms. The number of hydrogen-bond donors (Lipinski definition) is 1. The van der Waals surface area contributed by atoms with Gasteiger partial charge in [-0.15, -0.1) is 0 Å². The van der Waals surface area contributed by atoms with Crippen LogP contribution >= 0.6 is 0 Å². The molecule has 0 radical (unpaired) electrons. The van der Waals surface area contributed by atoms with Crippen LogP contribution in [-0.2, 0) is 28.6 Å². The predicted octanol–water partition coefficient (Wildman–Crippen LogP) is 0.184. The van der Waals surface area contributed by atoms with E-state index in [2.05, 4.69) is 0 Å². The molecule has 1 saturated carbocycles. The molecule has 0 saturated heterocycles. The SMILES string of the molecule is CC(=O)O[C@@H]1[C@@H](CCO)C[C@H](OC(C)=O)[C@H]1OC(C)=O. The van der Waals surface area contributed by atoms with Crippen molar-refractivity contribution in [3.05, 3.63) is 0 Å². The molecule has 0 heterocycles. The molecule has 1 rings (SSSR count). The molecule has 7 heteroatoms. The fourth-order valence-corrected chi connectivity index (χ4v) is 2.51. The quantitative estimate of drug-likeness (QED) is 0.569. The molecule has 20 heavy (non-hydrogen) atoms. The third-order valence-electron chi connectivity index (χ3n) is 3.11. The number of aliphatic hydroxyl groups excluding tert-OH is 1. The molecule has 0 aromatic rings. The lowest BCUT2D eigenvalue weighted by molar-refractivity contribution is -0.175. The van der Waals surface area contributed by atoms with Crippen molar-refractivity contribution < 1.29 is 33.7 Å². The highest BCUT2D eigenvalue weighted by molar-refractivity contribution is 5.68. The minimum absolute atomic E-state index is 0.0952. The topological polar surface area (TPSA) is 99.1 Å². The van der Waals surface area contributed by atoms with Crippen LogP contribution < -0.4 is 0 Å². The van der Waals surface area contributed by atoms with Gasteiger partial charge in [0, 0.05) is 33.3 Å². The van der Waals surface area contributed by atoms with Crippen LogP contribution in [0.25, 0.3) is 0 Å². The smallest absolute Gasteiger partial charge is 0.303 e. The van der Waals surface area contributed by atoms with Gasteiger partial charge in [-0.1, -0.05) is 0 Å². The Labute approximate surface area is 117 Å². The van der Waals surface area contributed by atoms with E-state index in [1.165, 1.54) is 20.8 Å². The van der Waals surface area contributed by atoms with E-state index in [9.17, 15) is 14.4 Å². The molecule has 0 aliphatic heterocycles. The van der Waals surface area contributed by atoms with E-state index in [-0.39, 0.29) is 12.5 Å². The summed E-state index contributed by atoms with van der Waals surface area (Å²) in [6.45, 7) is 3.64. The van der Waals surface area contributed by atoms with Crippen molar-refractivity contribution in [2.45, 2.75) is 51.9 Å². The Hall–Kier alpha value is -1.63. The molecule has 0 aromatic carbocycles. The average molecular weight is 288 g/mol. The van der Waals surface area contributed by atoms with Gasteiger partial charge in [0.15, 0.2) is 6.10 Å². The minimum Gasteiger partial charge on any atom is -0.458 e. The van der Waals surface area contributed by atoms with E-state index < -0.39 is 36.2 Å². The second kappa shape index (κ2) is 7.23. The first-order valence-corrected chi connectivity index (χ1v) is 6.47. The maximum atomic E-state index is 11.2. The first kappa shape index (κ1) is 16.4. The number of rotatable bonds is 5.